The van der Waals surface area contributed by atoms with Gasteiger partial charge in [0.2, 0.25) is 0 Å². The van der Waals surface area contributed by atoms with Crippen molar-refractivity contribution in [3.05, 3.63) is 108 Å². The molecule has 0 aliphatic carbocycles. The molecule has 11 heteroatoms. The maximum atomic E-state index is 13.0. The van der Waals surface area contributed by atoms with Gasteiger partial charge in [0.25, 0.3) is 15.9 Å². The number of sulfonamides is 1. The van der Waals surface area contributed by atoms with Crippen LogP contribution in [0, 0.1) is 0 Å². The standard InChI is InChI=1S/C32H36N4O5S2/c37-28(23-41-29-9-5-2-6-10-29)21-33-25-17-19-36(20-18-25)27-13-11-26(12-14-27)35-43(39,40)31-16-15-30(42-31)22-34-32(38)24-7-3-1-4-8-24/h1-16,25,28,33,35,37H,17-23H2,(H,34,38)/t28-/m0/s1. The van der Waals surface area contributed by atoms with Crippen LogP contribution in [0.2, 0.25) is 0 Å². The van der Waals surface area contributed by atoms with E-state index in [1.807, 2.05) is 48.5 Å². The van der Waals surface area contributed by atoms with Gasteiger partial charge in [0.1, 0.15) is 22.7 Å². The minimum Gasteiger partial charge on any atom is -0.491 e. The molecule has 0 bridgehead atoms. The number of hydrogen-bond acceptors (Lipinski definition) is 8. The summed E-state index contributed by atoms with van der Waals surface area (Å²) in [6.45, 7) is 2.68. The summed E-state index contributed by atoms with van der Waals surface area (Å²) in [7, 11) is -3.76. The van der Waals surface area contributed by atoms with E-state index in [1.165, 1.54) is 0 Å². The first-order valence-corrected chi connectivity index (χ1v) is 16.5. The monoisotopic (exact) mass is 620 g/mol. The van der Waals surface area contributed by atoms with Crippen LogP contribution in [0.4, 0.5) is 11.4 Å². The van der Waals surface area contributed by atoms with Crippen LogP contribution in [-0.2, 0) is 16.6 Å². The van der Waals surface area contributed by atoms with Crippen molar-refractivity contribution in [2.45, 2.75) is 35.7 Å². The number of aliphatic hydroxyl groups excluding tert-OH is 1. The number of nitrogens with zero attached hydrogens (tertiary/aromatic N) is 1. The molecule has 2 heterocycles. The molecule has 0 radical (unpaired) electrons. The van der Waals surface area contributed by atoms with E-state index in [4.69, 9.17) is 4.74 Å². The van der Waals surface area contributed by atoms with Gasteiger partial charge >= 0.3 is 0 Å². The molecular weight excluding hydrogens is 585 g/mol. The number of thiophene rings is 1. The molecule has 1 atom stereocenters. The van der Waals surface area contributed by atoms with Crippen LogP contribution in [-0.4, -0.2) is 57.8 Å². The van der Waals surface area contributed by atoms with Gasteiger partial charge in [-0.2, -0.15) is 0 Å². The minimum atomic E-state index is -3.76. The molecule has 1 amide bonds. The van der Waals surface area contributed by atoms with Gasteiger partial charge in [-0.3, -0.25) is 9.52 Å². The Hall–Kier alpha value is -3.90. The summed E-state index contributed by atoms with van der Waals surface area (Å²) < 4.78 is 34.4. The lowest BCUT2D eigenvalue weighted by Crippen LogP contribution is -2.45. The Labute approximate surface area is 256 Å². The Bertz CT molecular complexity index is 1560. The number of piperidine rings is 1. The molecule has 3 aromatic carbocycles. The molecule has 0 saturated carbocycles. The zero-order valence-electron chi connectivity index (χ0n) is 23.7. The van der Waals surface area contributed by atoms with Crippen molar-refractivity contribution in [3.8, 4) is 5.75 Å². The molecule has 1 aliphatic heterocycles. The van der Waals surface area contributed by atoms with E-state index in [0.717, 1.165) is 53.6 Å². The number of amides is 1. The molecule has 1 aliphatic rings. The number of aliphatic hydroxyl groups is 1. The van der Waals surface area contributed by atoms with Gasteiger partial charge in [0.05, 0.1) is 6.54 Å². The fraction of sp³-hybridized carbons (Fsp3) is 0.281. The third kappa shape index (κ3) is 8.80. The van der Waals surface area contributed by atoms with E-state index in [0.29, 0.717) is 23.8 Å². The highest BCUT2D eigenvalue weighted by Crippen LogP contribution is 2.26. The molecule has 43 heavy (non-hydrogen) atoms. The van der Waals surface area contributed by atoms with E-state index in [2.05, 4.69) is 20.3 Å². The molecule has 0 unspecified atom stereocenters. The summed E-state index contributed by atoms with van der Waals surface area (Å²) in [5, 5.41) is 16.5. The number of nitrogens with one attached hydrogen (secondary N) is 3. The quantitative estimate of drug-likeness (QED) is 0.174. The number of carbonyl (C=O) groups excluding carboxylic acids is 1. The maximum absolute atomic E-state index is 13.0. The van der Waals surface area contributed by atoms with Crippen LogP contribution in [0.1, 0.15) is 28.1 Å². The number of para-hydroxylation sites is 1. The Morgan fingerprint density at radius 2 is 1.60 bits per heavy atom. The molecule has 5 rings (SSSR count). The molecule has 1 saturated heterocycles. The highest BCUT2D eigenvalue weighted by atomic mass is 32.2. The van der Waals surface area contributed by atoms with Crippen LogP contribution in [0.3, 0.4) is 0 Å². The Kier molecular flexibility index (Phi) is 10.3. The first kappa shape index (κ1) is 30.6. The average Bonchev–Trinajstić information content (AvgIpc) is 3.53. The van der Waals surface area contributed by atoms with E-state index in [1.54, 1.807) is 48.5 Å². The molecule has 1 aromatic heterocycles. The van der Waals surface area contributed by atoms with Gasteiger partial charge in [-0.25, -0.2) is 8.42 Å². The van der Waals surface area contributed by atoms with Crippen LogP contribution < -0.4 is 25.0 Å². The lowest BCUT2D eigenvalue weighted by molar-refractivity contribution is 0.0951. The van der Waals surface area contributed by atoms with E-state index >= 15 is 0 Å². The van der Waals surface area contributed by atoms with Crippen molar-refractivity contribution in [2.24, 2.45) is 0 Å². The van der Waals surface area contributed by atoms with Crippen molar-refractivity contribution in [3.63, 3.8) is 0 Å². The summed E-state index contributed by atoms with van der Waals surface area (Å²) in [5.41, 5.74) is 2.07. The van der Waals surface area contributed by atoms with Gasteiger partial charge in [-0.1, -0.05) is 36.4 Å². The van der Waals surface area contributed by atoms with Crippen molar-refractivity contribution in [1.29, 1.82) is 0 Å². The Morgan fingerprint density at radius 1 is 0.930 bits per heavy atom. The normalized spacial score (nSPS) is 14.7. The smallest absolute Gasteiger partial charge is 0.271 e. The predicted molar refractivity (Wildman–Crippen MR) is 170 cm³/mol. The van der Waals surface area contributed by atoms with Crippen LogP contribution in [0.15, 0.2) is 101 Å². The van der Waals surface area contributed by atoms with Gasteiger partial charge in [-0.15, -0.1) is 11.3 Å². The Balaban J connectivity index is 1.05. The van der Waals surface area contributed by atoms with Crippen molar-refractivity contribution in [1.82, 2.24) is 10.6 Å². The molecule has 1 fully saturated rings. The summed E-state index contributed by atoms with van der Waals surface area (Å²) in [5.74, 6) is 0.538. The molecule has 4 N–H and O–H groups in total. The molecule has 4 aromatic rings. The Morgan fingerprint density at radius 3 is 2.30 bits per heavy atom. The molecule has 9 nitrogen and oxygen atoms in total. The second-order valence-electron chi connectivity index (χ2n) is 10.4. The zero-order valence-corrected chi connectivity index (χ0v) is 25.3. The van der Waals surface area contributed by atoms with Crippen molar-refractivity contribution in [2.75, 3.05) is 35.9 Å². The SMILES string of the molecule is O=C(NCc1ccc(S(=O)(=O)Nc2ccc(N3CCC(NC[C@H](O)COc4ccccc4)CC3)cc2)s1)c1ccccc1. The topological polar surface area (TPSA) is 120 Å². The van der Waals surface area contributed by atoms with E-state index < -0.39 is 16.1 Å². The number of rotatable bonds is 13. The summed E-state index contributed by atoms with van der Waals surface area (Å²) in [6, 6.07) is 29.3. The minimum absolute atomic E-state index is 0.187. The highest BCUT2D eigenvalue weighted by molar-refractivity contribution is 7.94. The summed E-state index contributed by atoms with van der Waals surface area (Å²) in [4.78, 5) is 15.3. The average molecular weight is 621 g/mol. The number of anilines is 2. The van der Waals surface area contributed by atoms with Gasteiger partial charge in [-0.05, 0) is 73.5 Å². The van der Waals surface area contributed by atoms with Crippen molar-refractivity contribution < 1.29 is 23.1 Å². The molecule has 0 spiro atoms. The van der Waals surface area contributed by atoms with Gasteiger partial charge < -0.3 is 25.4 Å². The van der Waals surface area contributed by atoms with Crippen LogP contribution in [0.25, 0.3) is 0 Å². The first-order chi connectivity index (χ1) is 20.9. The number of ether oxygens (including phenoxy) is 1. The molecule has 226 valence electrons. The summed E-state index contributed by atoms with van der Waals surface area (Å²) >= 11 is 1.13. The van der Waals surface area contributed by atoms with Crippen molar-refractivity contribution >= 4 is 38.6 Å². The number of benzene rings is 3. The highest BCUT2D eigenvalue weighted by Gasteiger charge is 2.21. The largest absolute Gasteiger partial charge is 0.491 e. The predicted octanol–water partition coefficient (Wildman–Crippen LogP) is 4.48. The second kappa shape index (κ2) is 14.5. The second-order valence-corrected chi connectivity index (χ2v) is 13.4. The third-order valence-electron chi connectivity index (χ3n) is 7.17. The van der Waals surface area contributed by atoms with Gasteiger partial charge in [0, 0.05) is 47.5 Å². The lowest BCUT2D eigenvalue weighted by Gasteiger charge is -2.34. The fourth-order valence-corrected chi connectivity index (χ4v) is 7.17. The maximum Gasteiger partial charge on any atom is 0.271 e. The third-order valence-corrected chi connectivity index (χ3v) is 10.1. The van der Waals surface area contributed by atoms with E-state index in [9.17, 15) is 18.3 Å². The van der Waals surface area contributed by atoms with Crippen LogP contribution >= 0.6 is 11.3 Å². The first-order valence-electron chi connectivity index (χ1n) is 14.2. The zero-order chi connectivity index (χ0) is 30.1. The van der Waals surface area contributed by atoms with E-state index in [-0.39, 0.29) is 23.3 Å². The van der Waals surface area contributed by atoms with Gasteiger partial charge in [0.15, 0.2) is 0 Å². The lowest BCUT2D eigenvalue weighted by atomic mass is 10.0. The number of carbonyl (C=O) groups is 1. The van der Waals surface area contributed by atoms with Crippen LogP contribution in [0.5, 0.6) is 5.75 Å². The summed E-state index contributed by atoms with van der Waals surface area (Å²) in [6.07, 6.45) is 1.29. The fourth-order valence-electron chi connectivity index (χ4n) is 4.81. The number of hydrogen-bond donors (Lipinski definition) is 4. The molecular formula is C32H36N4O5S2.